The van der Waals surface area contributed by atoms with Crippen molar-refractivity contribution in [2.45, 2.75) is 45.1 Å². The zero-order chi connectivity index (χ0) is 25.4. The fourth-order valence-electron chi connectivity index (χ4n) is 5.49. The molecule has 1 N–H and O–H groups in total. The summed E-state index contributed by atoms with van der Waals surface area (Å²) in [5.41, 5.74) is 2.31. The number of carbonyl (C=O) groups is 1. The van der Waals surface area contributed by atoms with Crippen LogP contribution in [0.3, 0.4) is 0 Å². The number of amides is 1. The monoisotopic (exact) mass is 501 g/mol. The Morgan fingerprint density at radius 3 is 2.61 bits per heavy atom. The van der Waals surface area contributed by atoms with Crippen LogP contribution in [0.4, 0.5) is 8.78 Å². The van der Waals surface area contributed by atoms with Crippen molar-refractivity contribution in [3.05, 3.63) is 39.8 Å². The van der Waals surface area contributed by atoms with Gasteiger partial charge in [0, 0.05) is 70.2 Å². The number of benzene rings is 1. The predicted molar refractivity (Wildman–Crippen MR) is 134 cm³/mol. The molecule has 0 unspecified atom stereocenters. The third-order valence-corrected chi connectivity index (χ3v) is 7.52. The fraction of sp³-hybridized carbons (Fsp3) is 0.577. The van der Waals surface area contributed by atoms with Crippen LogP contribution in [-0.2, 0) is 11.3 Å². The Hall–Kier alpha value is -2.85. The Morgan fingerprint density at radius 2 is 1.92 bits per heavy atom. The highest BCUT2D eigenvalue weighted by molar-refractivity contribution is 6.07. The number of aromatic nitrogens is 3. The van der Waals surface area contributed by atoms with Crippen LogP contribution in [0.5, 0.6) is 0 Å². The second-order valence-electron chi connectivity index (χ2n) is 10.2. The van der Waals surface area contributed by atoms with Gasteiger partial charge in [0.1, 0.15) is 0 Å². The van der Waals surface area contributed by atoms with Gasteiger partial charge in [-0.15, -0.1) is 0 Å². The molecular weight excluding hydrogens is 468 g/mol. The summed E-state index contributed by atoms with van der Waals surface area (Å²) in [4.78, 5) is 33.4. The van der Waals surface area contributed by atoms with Crippen LogP contribution >= 0.6 is 0 Å². The number of carbonyl (C=O) groups excluding carboxylic acids is 1. The molecule has 1 aliphatic carbocycles. The highest BCUT2D eigenvalue weighted by atomic mass is 19.3. The highest BCUT2D eigenvalue weighted by Crippen LogP contribution is 2.43. The summed E-state index contributed by atoms with van der Waals surface area (Å²) in [7, 11) is 1.71. The number of nitrogens with zero attached hydrogens (tertiary/aromatic N) is 4. The first kappa shape index (κ1) is 24.8. The van der Waals surface area contributed by atoms with Gasteiger partial charge in [0.05, 0.1) is 22.6 Å². The quantitative estimate of drug-likeness (QED) is 0.479. The molecular formula is C26H33F2N5O3. The number of H-pyrrole nitrogens is 1. The lowest BCUT2D eigenvalue weighted by molar-refractivity contribution is -0.114. The Morgan fingerprint density at radius 1 is 1.17 bits per heavy atom. The normalized spacial score (nSPS) is 18.7. The topological polar surface area (TPSA) is 83.5 Å². The van der Waals surface area contributed by atoms with Gasteiger partial charge in [0.2, 0.25) is 5.92 Å². The molecule has 36 heavy (non-hydrogen) atoms. The lowest BCUT2D eigenvalue weighted by Gasteiger charge is -2.35. The molecule has 5 rings (SSSR count). The molecule has 1 aromatic carbocycles. The second kappa shape index (κ2) is 9.89. The number of hydrogen-bond donors (Lipinski definition) is 1. The number of pyridine rings is 1. The summed E-state index contributed by atoms with van der Waals surface area (Å²) in [6.45, 7) is 6.96. The van der Waals surface area contributed by atoms with Gasteiger partial charge in [0.15, 0.2) is 0 Å². The Bertz CT molecular complexity index is 1320. The number of unbranched alkanes of at least 4 members (excludes halogenated alkanes) is 1. The number of fused-ring (bicyclic) bond motifs is 3. The smallest absolute Gasteiger partial charge is 0.259 e. The van der Waals surface area contributed by atoms with Crippen molar-refractivity contribution in [3.63, 3.8) is 0 Å². The summed E-state index contributed by atoms with van der Waals surface area (Å²) in [5, 5.41) is 5.46. The Kier molecular flexibility index (Phi) is 6.82. The number of nitrogens with one attached hydrogen (secondary N) is 1. The number of halogens is 2. The summed E-state index contributed by atoms with van der Waals surface area (Å²) in [6.07, 6.45) is 3.25. The van der Waals surface area contributed by atoms with Crippen molar-refractivity contribution >= 4 is 27.7 Å². The van der Waals surface area contributed by atoms with Crippen molar-refractivity contribution < 1.29 is 18.3 Å². The largest absolute Gasteiger partial charge is 0.385 e. The number of methoxy groups -OCH3 is 1. The van der Waals surface area contributed by atoms with E-state index in [0.717, 1.165) is 44.6 Å². The maximum absolute atomic E-state index is 13.5. The number of rotatable bonds is 8. The Labute approximate surface area is 208 Å². The van der Waals surface area contributed by atoms with Gasteiger partial charge in [-0.05, 0) is 49.9 Å². The van der Waals surface area contributed by atoms with E-state index in [-0.39, 0.29) is 30.2 Å². The number of aryl methyl sites for hydroxylation is 1. The van der Waals surface area contributed by atoms with Crippen LogP contribution in [0.15, 0.2) is 23.1 Å². The van der Waals surface area contributed by atoms with E-state index in [2.05, 4.69) is 15.0 Å². The van der Waals surface area contributed by atoms with Crippen molar-refractivity contribution in [3.8, 4) is 0 Å². The first-order valence-electron chi connectivity index (χ1n) is 12.7. The predicted octanol–water partition coefficient (Wildman–Crippen LogP) is 3.42. The van der Waals surface area contributed by atoms with Crippen molar-refractivity contribution in [1.29, 1.82) is 0 Å². The Balaban J connectivity index is 1.38. The minimum absolute atomic E-state index is 0.0301. The lowest BCUT2D eigenvalue weighted by Crippen LogP contribution is -2.49. The van der Waals surface area contributed by atoms with E-state index in [0.29, 0.717) is 47.0 Å². The number of alkyl halides is 2. The zero-order valence-corrected chi connectivity index (χ0v) is 20.9. The number of ether oxygens (including phenoxy) is 1. The third-order valence-electron chi connectivity index (χ3n) is 7.52. The lowest BCUT2D eigenvalue weighted by atomic mass is 9.81. The molecule has 194 valence electrons. The summed E-state index contributed by atoms with van der Waals surface area (Å²) in [5.74, 6) is -2.83. The van der Waals surface area contributed by atoms with Gasteiger partial charge in [-0.2, -0.15) is 5.10 Å². The molecule has 2 aromatic heterocycles. The fourth-order valence-corrected chi connectivity index (χ4v) is 5.49. The molecule has 0 spiro atoms. The van der Waals surface area contributed by atoms with Crippen LogP contribution in [0.25, 0.3) is 21.8 Å². The standard InChI is InChI=1S/C26H33F2N5O3/c1-17-11-22-20(12-19(17)25(35)32-8-6-31(7-9-32)5-3-4-10-36-2)23-21(24(34)30-22)15-29-33(23)16-18-13-26(27,28)14-18/h11-12,15,18H,3-10,13-14,16H2,1-2H3,(H,30,34). The maximum Gasteiger partial charge on any atom is 0.259 e. The van der Waals surface area contributed by atoms with Crippen LogP contribution in [0, 0.1) is 12.8 Å². The average molecular weight is 502 g/mol. The summed E-state index contributed by atoms with van der Waals surface area (Å²) >= 11 is 0. The van der Waals surface area contributed by atoms with Crippen molar-refractivity contribution in [2.24, 2.45) is 5.92 Å². The first-order valence-corrected chi connectivity index (χ1v) is 12.7. The van der Waals surface area contributed by atoms with Crippen LogP contribution in [0.2, 0.25) is 0 Å². The number of piperazine rings is 1. The highest BCUT2D eigenvalue weighted by Gasteiger charge is 2.45. The van der Waals surface area contributed by atoms with E-state index in [1.54, 1.807) is 11.8 Å². The van der Waals surface area contributed by atoms with Crippen LogP contribution in [0.1, 0.15) is 41.6 Å². The number of hydrogen-bond acceptors (Lipinski definition) is 5. The first-order chi connectivity index (χ1) is 17.3. The summed E-state index contributed by atoms with van der Waals surface area (Å²) in [6, 6.07) is 3.65. The molecule has 0 atom stereocenters. The van der Waals surface area contributed by atoms with Gasteiger partial charge in [-0.25, -0.2) is 8.78 Å². The van der Waals surface area contributed by atoms with Gasteiger partial charge < -0.3 is 14.6 Å². The van der Waals surface area contributed by atoms with E-state index in [4.69, 9.17) is 4.74 Å². The molecule has 2 fully saturated rings. The van der Waals surface area contributed by atoms with Crippen LogP contribution in [-0.4, -0.2) is 82.8 Å². The molecule has 1 amide bonds. The minimum Gasteiger partial charge on any atom is -0.385 e. The second-order valence-corrected chi connectivity index (χ2v) is 10.2. The van der Waals surface area contributed by atoms with Gasteiger partial charge >= 0.3 is 0 Å². The van der Waals surface area contributed by atoms with Crippen molar-refractivity contribution in [1.82, 2.24) is 24.6 Å². The molecule has 0 bridgehead atoms. The number of aromatic amines is 1. The van der Waals surface area contributed by atoms with Gasteiger partial charge in [-0.3, -0.25) is 19.2 Å². The molecule has 2 aliphatic rings. The molecule has 8 nitrogen and oxygen atoms in total. The van der Waals surface area contributed by atoms with Crippen LogP contribution < -0.4 is 5.56 Å². The minimum atomic E-state index is -2.61. The van der Waals surface area contributed by atoms with Gasteiger partial charge in [0.25, 0.3) is 11.5 Å². The molecule has 3 heterocycles. The van der Waals surface area contributed by atoms with E-state index in [1.165, 1.54) is 6.20 Å². The molecule has 10 heteroatoms. The van der Waals surface area contributed by atoms with Crippen molar-refractivity contribution in [2.75, 3.05) is 46.4 Å². The summed E-state index contributed by atoms with van der Waals surface area (Å²) < 4.78 is 33.6. The van der Waals surface area contributed by atoms with E-state index in [1.807, 2.05) is 24.0 Å². The van der Waals surface area contributed by atoms with E-state index < -0.39 is 5.92 Å². The zero-order valence-electron chi connectivity index (χ0n) is 20.9. The van der Waals surface area contributed by atoms with E-state index in [9.17, 15) is 18.4 Å². The van der Waals surface area contributed by atoms with E-state index >= 15 is 0 Å². The molecule has 1 saturated carbocycles. The molecule has 3 aromatic rings. The molecule has 1 saturated heterocycles. The van der Waals surface area contributed by atoms with Gasteiger partial charge in [-0.1, -0.05) is 0 Å². The average Bonchev–Trinajstić information content (AvgIpc) is 3.25. The SMILES string of the molecule is COCCCCN1CCN(C(=O)c2cc3c(cc2C)[nH]c(=O)c2cnn(CC4CC(F)(F)C4)c23)CC1. The molecule has 0 radical (unpaired) electrons. The maximum atomic E-state index is 13.5. The third kappa shape index (κ3) is 4.88. The molecule has 1 aliphatic heterocycles.